The molecule has 0 spiro atoms. The van der Waals surface area contributed by atoms with E-state index in [4.69, 9.17) is 33.8 Å². The average Bonchev–Trinajstić information content (AvgIpc) is 2.21. The SMILES string of the molecule is CCOCC(NN)c1ccc(Cl)cc1Cl. The largest absolute Gasteiger partial charge is 0.380 e. The van der Waals surface area contributed by atoms with Gasteiger partial charge in [0.2, 0.25) is 0 Å². The third kappa shape index (κ3) is 3.63. The van der Waals surface area contributed by atoms with Gasteiger partial charge in [0, 0.05) is 16.7 Å². The first-order valence-electron chi connectivity index (χ1n) is 4.67. The Morgan fingerprint density at radius 1 is 1.47 bits per heavy atom. The molecular formula is C10H14Cl2N2O. The minimum absolute atomic E-state index is 0.116. The van der Waals surface area contributed by atoms with Crippen LogP contribution >= 0.6 is 23.2 Å². The molecule has 0 aliphatic carbocycles. The quantitative estimate of drug-likeness (QED) is 0.622. The molecule has 0 fully saturated rings. The van der Waals surface area contributed by atoms with Crippen LogP contribution in [0.15, 0.2) is 18.2 Å². The van der Waals surface area contributed by atoms with E-state index in [0.717, 1.165) is 5.56 Å². The van der Waals surface area contributed by atoms with E-state index >= 15 is 0 Å². The summed E-state index contributed by atoms with van der Waals surface area (Å²) >= 11 is 11.8. The highest BCUT2D eigenvalue weighted by Crippen LogP contribution is 2.26. The Bertz CT molecular complexity index is 320. The van der Waals surface area contributed by atoms with Gasteiger partial charge in [0.05, 0.1) is 12.6 Å². The number of nitrogens with one attached hydrogen (secondary N) is 1. The fraction of sp³-hybridized carbons (Fsp3) is 0.400. The minimum atomic E-state index is -0.116. The number of hydrogen-bond acceptors (Lipinski definition) is 3. The van der Waals surface area contributed by atoms with E-state index in [1.54, 1.807) is 12.1 Å². The fourth-order valence-corrected chi connectivity index (χ4v) is 1.79. The fourth-order valence-electron chi connectivity index (χ4n) is 1.25. The number of rotatable bonds is 5. The van der Waals surface area contributed by atoms with Crippen molar-refractivity contribution in [1.82, 2.24) is 5.43 Å². The second-order valence-electron chi connectivity index (χ2n) is 3.04. The molecule has 0 aromatic heterocycles. The lowest BCUT2D eigenvalue weighted by Gasteiger charge is -2.17. The van der Waals surface area contributed by atoms with E-state index in [0.29, 0.717) is 23.3 Å². The summed E-state index contributed by atoms with van der Waals surface area (Å²) in [7, 11) is 0. The van der Waals surface area contributed by atoms with Crippen LogP contribution in [-0.2, 0) is 4.74 Å². The van der Waals surface area contributed by atoms with Gasteiger partial charge in [-0.1, -0.05) is 29.3 Å². The van der Waals surface area contributed by atoms with Crippen molar-refractivity contribution in [2.45, 2.75) is 13.0 Å². The molecule has 0 bridgehead atoms. The normalized spacial score (nSPS) is 12.8. The van der Waals surface area contributed by atoms with E-state index in [1.807, 2.05) is 13.0 Å². The summed E-state index contributed by atoms with van der Waals surface area (Å²) < 4.78 is 5.29. The zero-order chi connectivity index (χ0) is 11.3. The lowest BCUT2D eigenvalue weighted by atomic mass is 10.1. The molecular weight excluding hydrogens is 235 g/mol. The first-order chi connectivity index (χ1) is 7.19. The molecule has 3 N–H and O–H groups in total. The van der Waals surface area contributed by atoms with Gasteiger partial charge in [0.25, 0.3) is 0 Å². The van der Waals surface area contributed by atoms with Gasteiger partial charge in [0.15, 0.2) is 0 Å². The maximum Gasteiger partial charge on any atom is 0.0708 e. The van der Waals surface area contributed by atoms with Crippen molar-refractivity contribution >= 4 is 23.2 Å². The molecule has 1 unspecified atom stereocenters. The van der Waals surface area contributed by atoms with Crippen LogP contribution in [0.1, 0.15) is 18.5 Å². The van der Waals surface area contributed by atoms with E-state index in [9.17, 15) is 0 Å². The molecule has 84 valence electrons. The van der Waals surface area contributed by atoms with Crippen LogP contribution in [0.5, 0.6) is 0 Å². The molecule has 0 aliphatic rings. The topological polar surface area (TPSA) is 47.3 Å². The minimum Gasteiger partial charge on any atom is -0.380 e. The monoisotopic (exact) mass is 248 g/mol. The lowest BCUT2D eigenvalue weighted by Crippen LogP contribution is -2.31. The van der Waals surface area contributed by atoms with Crippen molar-refractivity contribution in [3.63, 3.8) is 0 Å². The Morgan fingerprint density at radius 3 is 2.73 bits per heavy atom. The van der Waals surface area contributed by atoms with Gasteiger partial charge < -0.3 is 4.74 Å². The Morgan fingerprint density at radius 2 is 2.20 bits per heavy atom. The van der Waals surface area contributed by atoms with Gasteiger partial charge in [-0.2, -0.15) is 0 Å². The summed E-state index contributed by atoms with van der Waals surface area (Å²) in [6.45, 7) is 3.05. The summed E-state index contributed by atoms with van der Waals surface area (Å²) in [6.07, 6.45) is 0. The van der Waals surface area contributed by atoms with E-state index in [1.165, 1.54) is 0 Å². The van der Waals surface area contributed by atoms with E-state index in [2.05, 4.69) is 5.43 Å². The van der Waals surface area contributed by atoms with Crippen LogP contribution in [0, 0.1) is 0 Å². The summed E-state index contributed by atoms with van der Waals surface area (Å²) in [4.78, 5) is 0. The number of ether oxygens (including phenoxy) is 1. The van der Waals surface area contributed by atoms with E-state index < -0.39 is 0 Å². The van der Waals surface area contributed by atoms with Crippen molar-refractivity contribution in [3.05, 3.63) is 33.8 Å². The molecule has 3 nitrogen and oxygen atoms in total. The summed E-state index contributed by atoms with van der Waals surface area (Å²) in [5.41, 5.74) is 3.55. The number of nitrogens with two attached hydrogens (primary N) is 1. The van der Waals surface area contributed by atoms with Crippen molar-refractivity contribution in [3.8, 4) is 0 Å². The average molecular weight is 249 g/mol. The van der Waals surface area contributed by atoms with Crippen LogP contribution in [0.2, 0.25) is 10.0 Å². The molecule has 1 aromatic carbocycles. The van der Waals surface area contributed by atoms with Crippen molar-refractivity contribution in [2.75, 3.05) is 13.2 Å². The third-order valence-corrected chi connectivity index (χ3v) is 2.59. The van der Waals surface area contributed by atoms with Crippen LogP contribution in [-0.4, -0.2) is 13.2 Å². The van der Waals surface area contributed by atoms with Crippen molar-refractivity contribution < 1.29 is 4.74 Å². The molecule has 5 heteroatoms. The van der Waals surface area contributed by atoms with Crippen LogP contribution < -0.4 is 11.3 Å². The van der Waals surface area contributed by atoms with Gasteiger partial charge in [-0.05, 0) is 24.6 Å². The first kappa shape index (κ1) is 12.7. The van der Waals surface area contributed by atoms with Gasteiger partial charge in [0.1, 0.15) is 0 Å². The Kier molecular flexibility index (Phi) is 5.36. The summed E-state index contributed by atoms with van der Waals surface area (Å²) in [5.74, 6) is 5.43. The van der Waals surface area contributed by atoms with Crippen molar-refractivity contribution in [2.24, 2.45) is 5.84 Å². The number of halogens is 2. The smallest absolute Gasteiger partial charge is 0.0708 e. The van der Waals surface area contributed by atoms with Crippen molar-refractivity contribution in [1.29, 1.82) is 0 Å². The molecule has 1 rings (SSSR count). The molecule has 0 heterocycles. The standard InChI is InChI=1S/C10H14Cl2N2O/c1-2-15-6-10(14-13)8-4-3-7(11)5-9(8)12/h3-5,10,14H,2,6,13H2,1H3. The molecule has 0 aliphatic heterocycles. The van der Waals surface area contributed by atoms with Gasteiger partial charge in [-0.25, -0.2) is 0 Å². The lowest BCUT2D eigenvalue weighted by molar-refractivity contribution is 0.123. The highest BCUT2D eigenvalue weighted by molar-refractivity contribution is 6.35. The summed E-state index contributed by atoms with van der Waals surface area (Å²) in [5, 5.41) is 1.20. The third-order valence-electron chi connectivity index (χ3n) is 2.03. The predicted octanol–water partition coefficient (Wildman–Crippen LogP) is 2.53. The van der Waals surface area contributed by atoms with Gasteiger partial charge in [-0.3, -0.25) is 11.3 Å². The molecule has 0 saturated carbocycles. The zero-order valence-electron chi connectivity index (χ0n) is 8.47. The molecule has 15 heavy (non-hydrogen) atoms. The molecule has 0 radical (unpaired) electrons. The van der Waals surface area contributed by atoms with Crippen LogP contribution in [0.4, 0.5) is 0 Å². The highest BCUT2D eigenvalue weighted by atomic mass is 35.5. The molecule has 1 atom stereocenters. The van der Waals surface area contributed by atoms with Crippen LogP contribution in [0.3, 0.4) is 0 Å². The molecule has 0 amide bonds. The zero-order valence-corrected chi connectivity index (χ0v) is 9.98. The second-order valence-corrected chi connectivity index (χ2v) is 3.89. The number of hydrazine groups is 1. The Labute approximate surface area is 99.5 Å². The summed E-state index contributed by atoms with van der Waals surface area (Å²) in [6, 6.07) is 5.19. The van der Waals surface area contributed by atoms with Gasteiger partial charge in [-0.15, -0.1) is 0 Å². The first-order valence-corrected chi connectivity index (χ1v) is 5.43. The maximum absolute atomic E-state index is 6.05. The second kappa shape index (κ2) is 6.30. The Balaban J connectivity index is 2.81. The predicted molar refractivity (Wildman–Crippen MR) is 63.0 cm³/mol. The molecule has 0 saturated heterocycles. The Hall–Kier alpha value is -0.320. The number of hydrogen-bond donors (Lipinski definition) is 2. The highest BCUT2D eigenvalue weighted by Gasteiger charge is 2.13. The van der Waals surface area contributed by atoms with E-state index in [-0.39, 0.29) is 6.04 Å². The molecule has 1 aromatic rings. The van der Waals surface area contributed by atoms with Crippen LogP contribution in [0.25, 0.3) is 0 Å². The number of benzene rings is 1. The maximum atomic E-state index is 6.05. The van der Waals surface area contributed by atoms with Gasteiger partial charge >= 0.3 is 0 Å².